The van der Waals surface area contributed by atoms with Gasteiger partial charge in [-0.25, -0.2) is 0 Å². The largest absolute Gasteiger partial charge is 0.504 e. The average Bonchev–Trinajstić information content (AvgIpc) is 2.46. The Morgan fingerprint density at radius 3 is 2.73 bits per heavy atom. The van der Waals surface area contributed by atoms with Crippen molar-refractivity contribution in [2.45, 2.75) is 56.1 Å². The summed E-state index contributed by atoms with van der Waals surface area (Å²) in [6, 6.07) is 3.33. The van der Waals surface area contributed by atoms with Gasteiger partial charge in [0.1, 0.15) is 0 Å². The van der Waals surface area contributed by atoms with Crippen molar-refractivity contribution in [2.24, 2.45) is 17.4 Å². The summed E-state index contributed by atoms with van der Waals surface area (Å²) in [7, 11) is 0. The van der Waals surface area contributed by atoms with Crippen LogP contribution in [0, 0.1) is 5.92 Å². The summed E-state index contributed by atoms with van der Waals surface area (Å²) < 4.78 is 0. The highest BCUT2D eigenvalue weighted by Gasteiger charge is 2.60. The highest BCUT2D eigenvalue weighted by Crippen LogP contribution is 2.59. The minimum Gasteiger partial charge on any atom is -0.504 e. The molecule has 7 N–H and O–H groups in total. The quantitative estimate of drug-likeness (QED) is 0.526. The number of nitrogens with two attached hydrogens (primary N) is 2. The molecule has 0 amide bonds. The molecule has 4 unspecified atom stereocenters. The van der Waals surface area contributed by atoms with Crippen molar-refractivity contribution in [3.8, 4) is 11.5 Å². The molecule has 2 aliphatic carbocycles. The van der Waals surface area contributed by atoms with Crippen LogP contribution in [0.5, 0.6) is 11.5 Å². The van der Waals surface area contributed by atoms with Crippen LogP contribution in [0.15, 0.2) is 12.1 Å². The molecular weight excluding hydrogens is 280 g/mol. The van der Waals surface area contributed by atoms with Crippen molar-refractivity contribution >= 4 is 0 Å². The highest BCUT2D eigenvalue weighted by molar-refractivity contribution is 5.56. The molecule has 1 aromatic rings. The topological polar surface area (TPSA) is 113 Å². The first-order valence-electron chi connectivity index (χ1n) is 8.08. The van der Waals surface area contributed by atoms with Crippen LogP contribution in [0.2, 0.25) is 0 Å². The molecule has 122 valence electrons. The Bertz CT molecular complexity index is 592. The van der Waals surface area contributed by atoms with E-state index < -0.39 is 11.0 Å². The number of hydrogen-bond donors (Lipinski definition) is 5. The van der Waals surface area contributed by atoms with Crippen LogP contribution in [0.1, 0.15) is 43.7 Å². The molecule has 2 aliphatic rings. The second kappa shape index (κ2) is 5.11. The lowest BCUT2D eigenvalue weighted by atomic mass is 9.49. The van der Waals surface area contributed by atoms with Crippen LogP contribution in [-0.2, 0) is 11.8 Å². The maximum Gasteiger partial charge on any atom is 0.161 e. The molecule has 4 atom stereocenters. The van der Waals surface area contributed by atoms with Gasteiger partial charge in [-0.15, -0.1) is 0 Å². The van der Waals surface area contributed by atoms with E-state index in [9.17, 15) is 15.3 Å². The molecule has 0 spiro atoms. The molecule has 1 fully saturated rings. The van der Waals surface area contributed by atoms with Gasteiger partial charge >= 0.3 is 0 Å². The van der Waals surface area contributed by atoms with E-state index in [-0.39, 0.29) is 23.5 Å². The van der Waals surface area contributed by atoms with Gasteiger partial charge < -0.3 is 26.8 Å². The summed E-state index contributed by atoms with van der Waals surface area (Å²) in [5.41, 5.74) is 12.1. The van der Waals surface area contributed by atoms with Crippen LogP contribution < -0.4 is 11.5 Å². The van der Waals surface area contributed by atoms with Gasteiger partial charge in [-0.1, -0.05) is 13.0 Å². The van der Waals surface area contributed by atoms with Gasteiger partial charge in [0.05, 0.1) is 5.60 Å². The van der Waals surface area contributed by atoms with Gasteiger partial charge in [0.15, 0.2) is 11.5 Å². The zero-order valence-corrected chi connectivity index (χ0v) is 13.0. The number of aliphatic hydroxyl groups is 1. The number of phenolic OH excluding ortho intramolecular Hbond substituents is 2. The third kappa shape index (κ3) is 1.89. The third-order valence-corrected chi connectivity index (χ3v) is 5.97. The lowest BCUT2D eigenvalue weighted by Gasteiger charge is -2.58. The molecule has 0 saturated heterocycles. The lowest BCUT2D eigenvalue weighted by Crippen LogP contribution is -2.64. The molecule has 0 radical (unpaired) electrons. The van der Waals surface area contributed by atoms with Crippen LogP contribution >= 0.6 is 0 Å². The summed E-state index contributed by atoms with van der Waals surface area (Å²) in [5, 5.41) is 32.0. The summed E-state index contributed by atoms with van der Waals surface area (Å²) in [6.07, 6.45) is 3.17. The predicted octanol–water partition coefficient (Wildman–Crippen LogP) is 1.12. The van der Waals surface area contributed by atoms with Gasteiger partial charge in [-0.3, -0.25) is 0 Å². The van der Waals surface area contributed by atoms with Gasteiger partial charge in [0, 0.05) is 17.0 Å². The number of phenols is 2. The lowest BCUT2D eigenvalue weighted by molar-refractivity contribution is -0.124. The minimum atomic E-state index is -0.944. The van der Waals surface area contributed by atoms with E-state index in [2.05, 4.69) is 6.92 Å². The summed E-state index contributed by atoms with van der Waals surface area (Å²) in [5.74, 6) is -0.209. The van der Waals surface area contributed by atoms with Crippen molar-refractivity contribution in [1.29, 1.82) is 0 Å². The van der Waals surface area contributed by atoms with E-state index in [0.29, 0.717) is 37.8 Å². The van der Waals surface area contributed by atoms with E-state index in [1.165, 1.54) is 6.07 Å². The normalized spacial score (nSPS) is 37.5. The van der Waals surface area contributed by atoms with Crippen LogP contribution in [0.3, 0.4) is 0 Å². The van der Waals surface area contributed by atoms with Crippen LogP contribution in [0.4, 0.5) is 0 Å². The first-order chi connectivity index (χ1) is 10.4. The van der Waals surface area contributed by atoms with Gasteiger partial charge in [0.25, 0.3) is 0 Å². The zero-order chi connectivity index (χ0) is 16.1. The number of hydrogen-bond acceptors (Lipinski definition) is 5. The summed E-state index contributed by atoms with van der Waals surface area (Å²) >= 11 is 0. The second-order valence-corrected chi connectivity index (χ2v) is 7.12. The molecule has 5 nitrogen and oxygen atoms in total. The Morgan fingerprint density at radius 2 is 2.05 bits per heavy atom. The molecular formula is C17H26N2O3. The highest BCUT2D eigenvalue weighted by atomic mass is 16.3. The van der Waals surface area contributed by atoms with Gasteiger partial charge in [-0.2, -0.15) is 0 Å². The number of fused-ring (bicyclic) bond motifs is 3. The van der Waals surface area contributed by atoms with Crippen molar-refractivity contribution in [3.63, 3.8) is 0 Å². The summed E-state index contributed by atoms with van der Waals surface area (Å²) in [4.78, 5) is 0. The van der Waals surface area contributed by atoms with E-state index in [1.807, 2.05) is 6.07 Å². The fraction of sp³-hybridized carbons (Fsp3) is 0.647. The van der Waals surface area contributed by atoms with Crippen LogP contribution in [0.25, 0.3) is 0 Å². The number of aromatic hydroxyl groups is 2. The summed E-state index contributed by atoms with van der Waals surface area (Å²) in [6.45, 7) is 2.45. The molecule has 22 heavy (non-hydrogen) atoms. The van der Waals surface area contributed by atoms with E-state index in [0.717, 1.165) is 12.0 Å². The molecule has 5 heteroatoms. The monoisotopic (exact) mass is 306 g/mol. The second-order valence-electron chi connectivity index (χ2n) is 7.12. The Balaban J connectivity index is 2.29. The maximum atomic E-state index is 11.5. The predicted molar refractivity (Wildman–Crippen MR) is 84.8 cm³/mol. The fourth-order valence-electron chi connectivity index (χ4n) is 4.92. The Morgan fingerprint density at radius 1 is 1.32 bits per heavy atom. The third-order valence-electron chi connectivity index (χ3n) is 5.97. The van der Waals surface area contributed by atoms with Crippen molar-refractivity contribution < 1.29 is 15.3 Å². The fourth-order valence-corrected chi connectivity index (χ4v) is 4.92. The van der Waals surface area contributed by atoms with Crippen molar-refractivity contribution in [3.05, 3.63) is 23.3 Å². The first-order valence-corrected chi connectivity index (χ1v) is 8.08. The SMILES string of the molecule is CC1Cc2ccc(O)c(O)c2C2(CCN)CC(N)CCC12O. The number of rotatable bonds is 2. The standard InChI is InChI=1S/C17H26N2O3/c1-10-8-11-2-3-13(20)15(21)14(11)16(6-7-18)9-12(19)4-5-17(10,16)22/h2-3,10,12,20-22H,4-9,18-19H2,1H3. The Labute approximate surface area is 130 Å². The molecule has 0 aliphatic heterocycles. The van der Waals surface area contributed by atoms with Gasteiger partial charge in [0.2, 0.25) is 0 Å². The maximum absolute atomic E-state index is 11.5. The molecule has 1 saturated carbocycles. The van der Waals surface area contributed by atoms with Crippen LogP contribution in [-0.4, -0.2) is 33.5 Å². The molecule has 1 aromatic carbocycles. The van der Waals surface area contributed by atoms with Gasteiger partial charge in [-0.05, 0) is 56.2 Å². The molecule has 0 aromatic heterocycles. The van der Waals surface area contributed by atoms with Crippen molar-refractivity contribution in [1.82, 2.24) is 0 Å². The van der Waals surface area contributed by atoms with E-state index >= 15 is 0 Å². The number of benzene rings is 1. The molecule has 0 bridgehead atoms. The van der Waals surface area contributed by atoms with E-state index in [4.69, 9.17) is 11.5 Å². The smallest absolute Gasteiger partial charge is 0.161 e. The van der Waals surface area contributed by atoms with E-state index in [1.54, 1.807) is 0 Å². The molecule has 3 rings (SSSR count). The Hall–Kier alpha value is -1.30. The minimum absolute atomic E-state index is 0.0354. The zero-order valence-electron chi connectivity index (χ0n) is 13.0. The Kier molecular flexibility index (Phi) is 3.62. The average molecular weight is 306 g/mol. The van der Waals surface area contributed by atoms with Crippen molar-refractivity contribution in [2.75, 3.05) is 6.54 Å². The first kappa shape index (κ1) is 15.6. The molecule has 0 heterocycles.